The van der Waals surface area contributed by atoms with Crippen LogP contribution < -0.4 is 14.8 Å². The third-order valence-electron chi connectivity index (χ3n) is 6.42. The Morgan fingerprint density at radius 3 is 2.53 bits per heavy atom. The molecule has 6 nitrogen and oxygen atoms in total. The highest BCUT2D eigenvalue weighted by atomic mass is 16.5. The number of nitrogens with one attached hydrogen (secondary N) is 1. The second-order valence-corrected chi connectivity index (χ2v) is 10.0. The fourth-order valence-corrected chi connectivity index (χ4v) is 4.83. The minimum Gasteiger partial charge on any atom is -0.493 e. The van der Waals surface area contributed by atoms with Crippen LogP contribution in [0.25, 0.3) is 0 Å². The summed E-state index contributed by atoms with van der Waals surface area (Å²) in [7, 11) is 1.60. The Kier molecular flexibility index (Phi) is 8.45. The summed E-state index contributed by atoms with van der Waals surface area (Å²) in [5.74, 6) is 0.422. The average Bonchev–Trinajstić information content (AvgIpc) is 2.78. The van der Waals surface area contributed by atoms with E-state index in [0.717, 1.165) is 49.1 Å². The number of hydrogen-bond acceptors (Lipinski definition) is 6. The number of methoxy groups -OCH3 is 1. The number of dihydropyridines is 1. The van der Waals surface area contributed by atoms with Crippen molar-refractivity contribution >= 4 is 11.8 Å². The SMILES string of the molecule is CCCCCOC(=O)C1=C(C)NC2=C(C(=O)CC(C)(C)C2)C1c1ccc(OCCC)c(OC)c1. The van der Waals surface area contributed by atoms with Crippen LogP contribution >= 0.6 is 0 Å². The number of ether oxygens (including phenoxy) is 3. The van der Waals surface area contributed by atoms with E-state index in [4.69, 9.17) is 14.2 Å². The van der Waals surface area contributed by atoms with Crippen LogP contribution in [0.3, 0.4) is 0 Å². The summed E-state index contributed by atoms with van der Waals surface area (Å²) in [6.07, 6.45) is 4.95. The summed E-state index contributed by atoms with van der Waals surface area (Å²) >= 11 is 0. The normalized spacial score (nSPS) is 19.5. The highest BCUT2D eigenvalue weighted by Gasteiger charge is 2.43. The van der Waals surface area contributed by atoms with Gasteiger partial charge >= 0.3 is 5.97 Å². The highest BCUT2D eigenvalue weighted by molar-refractivity contribution is 6.04. The monoisotopic (exact) mass is 469 g/mol. The number of Topliss-reactive ketones (excluding diaryl/α,β-unsaturated/α-hetero) is 1. The van der Waals surface area contributed by atoms with E-state index in [1.54, 1.807) is 7.11 Å². The summed E-state index contributed by atoms with van der Waals surface area (Å²) in [6, 6.07) is 5.68. The van der Waals surface area contributed by atoms with Crippen LogP contribution in [0.5, 0.6) is 11.5 Å². The molecule has 34 heavy (non-hydrogen) atoms. The lowest BCUT2D eigenvalue weighted by Crippen LogP contribution is -2.38. The van der Waals surface area contributed by atoms with Gasteiger partial charge in [-0.1, -0.05) is 46.6 Å². The van der Waals surface area contributed by atoms with Gasteiger partial charge in [-0.25, -0.2) is 4.79 Å². The molecule has 0 aromatic heterocycles. The second-order valence-electron chi connectivity index (χ2n) is 10.0. The molecular formula is C28H39NO5. The van der Waals surface area contributed by atoms with Crippen LogP contribution in [0.2, 0.25) is 0 Å². The van der Waals surface area contributed by atoms with Crippen LogP contribution in [0.1, 0.15) is 84.6 Å². The van der Waals surface area contributed by atoms with Crippen LogP contribution in [-0.4, -0.2) is 32.1 Å². The molecule has 0 saturated carbocycles. The predicted molar refractivity (Wildman–Crippen MR) is 133 cm³/mol. The molecule has 1 aliphatic heterocycles. The number of carbonyl (C=O) groups excluding carboxylic acids is 2. The topological polar surface area (TPSA) is 73.9 Å². The lowest BCUT2D eigenvalue weighted by Gasteiger charge is -2.39. The van der Waals surface area contributed by atoms with Gasteiger partial charge in [0.05, 0.1) is 25.9 Å². The minimum absolute atomic E-state index is 0.0674. The van der Waals surface area contributed by atoms with Crippen LogP contribution in [0.15, 0.2) is 40.7 Å². The molecule has 0 radical (unpaired) electrons. The van der Waals surface area contributed by atoms with Crippen molar-refractivity contribution < 1.29 is 23.8 Å². The Labute approximate surface area is 203 Å². The molecule has 0 spiro atoms. The van der Waals surface area contributed by atoms with Crippen molar-refractivity contribution in [3.8, 4) is 11.5 Å². The van der Waals surface area contributed by atoms with E-state index >= 15 is 0 Å². The van der Waals surface area contributed by atoms with Crippen molar-refractivity contribution in [2.24, 2.45) is 5.41 Å². The zero-order valence-corrected chi connectivity index (χ0v) is 21.5. The summed E-state index contributed by atoms with van der Waals surface area (Å²) in [4.78, 5) is 26.8. The molecule has 1 atom stereocenters. The van der Waals surface area contributed by atoms with Gasteiger partial charge in [0.1, 0.15) is 0 Å². The smallest absolute Gasteiger partial charge is 0.336 e. The van der Waals surface area contributed by atoms with Gasteiger partial charge in [-0.05, 0) is 49.3 Å². The number of hydrogen-bond donors (Lipinski definition) is 1. The molecular weight excluding hydrogens is 430 g/mol. The Morgan fingerprint density at radius 1 is 1.09 bits per heavy atom. The van der Waals surface area contributed by atoms with E-state index in [1.165, 1.54) is 0 Å². The van der Waals surface area contributed by atoms with Crippen molar-refractivity contribution in [1.29, 1.82) is 0 Å². The standard InChI is InChI=1S/C28H39NO5/c1-7-9-10-14-34-27(31)24-18(3)29-20-16-28(4,5)17-21(30)26(20)25(24)19-11-12-22(33-13-8-2)23(15-19)32-6/h11-12,15,25,29H,7-10,13-14,16-17H2,1-6H3. The summed E-state index contributed by atoms with van der Waals surface area (Å²) in [5.41, 5.74) is 3.48. The number of carbonyl (C=O) groups is 2. The van der Waals surface area contributed by atoms with Gasteiger partial charge in [0.25, 0.3) is 0 Å². The maximum atomic E-state index is 13.4. The minimum atomic E-state index is -0.507. The van der Waals surface area contributed by atoms with Crippen LogP contribution in [0, 0.1) is 5.41 Å². The summed E-state index contributed by atoms with van der Waals surface area (Å²) < 4.78 is 17.1. The number of rotatable bonds is 10. The lowest BCUT2D eigenvalue weighted by atomic mass is 9.68. The van der Waals surface area contributed by atoms with E-state index in [2.05, 4.69) is 26.1 Å². The van der Waals surface area contributed by atoms with Gasteiger partial charge in [0.15, 0.2) is 17.3 Å². The molecule has 1 aliphatic carbocycles. The first-order valence-corrected chi connectivity index (χ1v) is 12.4. The number of ketones is 1. The first-order valence-electron chi connectivity index (χ1n) is 12.4. The molecule has 0 fully saturated rings. The first kappa shape index (κ1) is 25.9. The molecule has 1 unspecified atom stereocenters. The molecule has 2 aliphatic rings. The van der Waals surface area contributed by atoms with E-state index in [1.807, 2.05) is 32.0 Å². The maximum Gasteiger partial charge on any atom is 0.336 e. The number of allylic oxidation sites excluding steroid dienone is 3. The van der Waals surface area contributed by atoms with E-state index in [9.17, 15) is 9.59 Å². The van der Waals surface area contributed by atoms with Gasteiger partial charge in [-0.15, -0.1) is 0 Å². The van der Waals surface area contributed by atoms with Crippen LogP contribution in [-0.2, 0) is 14.3 Å². The molecule has 1 N–H and O–H groups in total. The highest BCUT2D eigenvalue weighted by Crippen LogP contribution is 2.47. The van der Waals surface area contributed by atoms with E-state index < -0.39 is 5.92 Å². The van der Waals surface area contributed by atoms with Crippen molar-refractivity contribution in [2.75, 3.05) is 20.3 Å². The molecule has 0 saturated heterocycles. The van der Waals surface area contributed by atoms with Crippen molar-refractivity contribution in [3.05, 3.63) is 46.3 Å². The zero-order chi connectivity index (χ0) is 24.9. The van der Waals surface area contributed by atoms with E-state index in [0.29, 0.717) is 42.3 Å². The molecule has 0 amide bonds. The molecule has 3 rings (SSSR count). The van der Waals surface area contributed by atoms with Crippen molar-refractivity contribution in [1.82, 2.24) is 5.32 Å². The molecule has 1 aromatic carbocycles. The number of benzene rings is 1. The Bertz CT molecular complexity index is 989. The Balaban J connectivity index is 2.06. The van der Waals surface area contributed by atoms with Gasteiger partial charge in [0, 0.05) is 29.3 Å². The quantitative estimate of drug-likeness (QED) is 0.344. The van der Waals surface area contributed by atoms with Crippen LogP contribution in [0.4, 0.5) is 0 Å². The van der Waals surface area contributed by atoms with E-state index in [-0.39, 0.29) is 17.2 Å². The lowest BCUT2D eigenvalue weighted by molar-refractivity contribution is -0.139. The van der Waals surface area contributed by atoms with Gasteiger partial charge in [-0.3, -0.25) is 4.79 Å². The van der Waals surface area contributed by atoms with Crippen molar-refractivity contribution in [3.63, 3.8) is 0 Å². The maximum absolute atomic E-state index is 13.4. The third kappa shape index (κ3) is 5.65. The summed E-state index contributed by atoms with van der Waals surface area (Å²) in [5, 5.41) is 3.39. The largest absolute Gasteiger partial charge is 0.493 e. The molecule has 0 bridgehead atoms. The Morgan fingerprint density at radius 2 is 1.85 bits per heavy atom. The predicted octanol–water partition coefficient (Wildman–Crippen LogP) is 5.82. The molecule has 1 heterocycles. The Hall–Kier alpha value is -2.76. The van der Waals surface area contributed by atoms with Gasteiger partial charge in [0.2, 0.25) is 0 Å². The molecule has 1 aromatic rings. The fourth-order valence-electron chi connectivity index (χ4n) is 4.83. The number of unbranched alkanes of at least 4 members (excludes halogenated alkanes) is 2. The molecule has 186 valence electrons. The number of esters is 1. The summed E-state index contributed by atoms with van der Waals surface area (Å²) in [6.45, 7) is 11.2. The zero-order valence-electron chi connectivity index (χ0n) is 21.5. The van der Waals surface area contributed by atoms with Gasteiger partial charge < -0.3 is 19.5 Å². The second kappa shape index (κ2) is 11.1. The van der Waals surface area contributed by atoms with Crippen molar-refractivity contribution in [2.45, 2.75) is 79.1 Å². The van der Waals surface area contributed by atoms with Gasteiger partial charge in [-0.2, -0.15) is 0 Å². The fraction of sp³-hybridized carbons (Fsp3) is 0.571. The third-order valence-corrected chi connectivity index (χ3v) is 6.42. The average molecular weight is 470 g/mol. The molecule has 6 heteroatoms. The first-order chi connectivity index (χ1) is 16.2.